The van der Waals surface area contributed by atoms with Crippen molar-refractivity contribution in [3.05, 3.63) is 63.7 Å². The van der Waals surface area contributed by atoms with E-state index in [0.29, 0.717) is 22.9 Å². The standard InChI is InChI=1S/C18H19N3O5S/c1-12(19-20-15-5-3-4-6-16(15)21(24)25)13-7-8-17(26-2)14(9-13)10-27-11-18(22)23/h3-9,20H,10-11H2,1-2H3,(H,22,23)/b19-12-. The molecular formula is C18H19N3O5S. The molecule has 2 aromatic rings. The number of carboxylic acids is 1. The Balaban J connectivity index is 2.20. The molecule has 2 rings (SSSR count). The van der Waals surface area contributed by atoms with Gasteiger partial charge in [0.2, 0.25) is 0 Å². The molecule has 0 aliphatic heterocycles. The van der Waals surface area contributed by atoms with Gasteiger partial charge in [-0.05, 0) is 36.8 Å². The highest BCUT2D eigenvalue weighted by molar-refractivity contribution is 7.99. The summed E-state index contributed by atoms with van der Waals surface area (Å²) < 4.78 is 5.32. The van der Waals surface area contributed by atoms with E-state index in [1.54, 1.807) is 38.3 Å². The van der Waals surface area contributed by atoms with Crippen LogP contribution < -0.4 is 10.2 Å². The van der Waals surface area contributed by atoms with Gasteiger partial charge in [-0.3, -0.25) is 20.3 Å². The van der Waals surface area contributed by atoms with Gasteiger partial charge < -0.3 is 9.84 Å². The summed E-state index contributed by atoms with van der Waals surface area (Å²) >= 11 is 1.27. The molecule has 0 atom stereocenters. The molecule has 0 aromatic heterocycles. The van der Waals surface area contributed by atoms with Gasteiger partial charge in [-0.15, -0.1) is 11.8 Å². The Morgan fingerprint density at radius 1 is 1.33 bits per heavy atom. The molecular weight excluding hydrogens is 370 g/mol. The van der Waals surface area contributed by atoms with Crippen LogP contribution in [0.15, 0.2) is 47.6 Å². The van der Waals surface area contributed by atoms with Crippen molar-refractivity contribution < 1.29 is 19.6 Å². The van der Waals surface area contributed by atoms with Gasteiger partial charge in [-0.1, -0.05) is 12.1 Å². The number of rotatable bonds is 9. The second kappa shape index (κ2) is 9.58. The van der Waals surface area contributed by atoms with Gasteiger partial charge in [0.05, 0.1) is 23.5 Å². The highest BCUT2D eigenvalue weighted by Gasteiger charge is 2.12. The molecule has 0 bridgehead atoms. The average molecular weight is 389 g/mol. The Kier molecular flexibility index (Phi) is 7.18. The quantitative estimate of drug-likeness (QED) is 0.381. The third-order valence-corrected chi connectivity index (χ3v) is 4.59. The molecule has 27 heavy (non-hydrogen) atoms. The van der Waals surface area contributed by atoms with Gasteiger partial charge in [0.15, 0.2) is 0 Å². The monoisotopic (exact) mass is 389 g/mol. The van der Waals surface area contributed by atoms with Gasteiger partial charge in [-0.2, -0.15) is 5.10 Å². The third kappa shape index (κ3) is 5.71. The van der Waals surface area contributed by atoms with E-state index in [4.69, 9.17) is 9.84 Å². The predicted molar refractivity (Wildman–Crippen MR) is 106 cm³/mol. The Morgan fingerprint density at radius 2 is 2.07 bits per heavy atom. The predicted octanol–water partition coefficient (Wildman–Crippen LogP) is 3.76. The highest BCUT2D eigenvalue weighted by Crippen LogP contribution is 2.26. The van der Waals surface area contributed by atoms with E-state index in [0.717, 1.165) is 11.1 Å². The van der Waals surface area contributed by atoms with Gasteiger partial charge in [0, 0.05) is 17.4 Å². The summed E-state index contributed by atoms with van der Waals surface area (Å²) in [5.74, 6) is 0.269. The molecule has 0 amide bonds. The van der Waals surface area contributed by atoms with Crippen LogP contribution in [0.5, 0.6) is 5.75 Å². The summed E-state index contributed by atoms with van der Waals surface area (Å²) in [6, 6.07) is 11.7. The molecule has 0 saturated carbocycles. The van der Waals surface area contributed by atoms with E-state index in [2.05, 4.69) is 10.5 Å². The molecule has 8 nitrogen and oxygen atoms in total. The number of nitro groups is 1. The minimum atomic E-state index is -0.874. The molecule has 9 heteroatoms. The SMILES string of the molecule is COc1ccc(/C(C)=N\Nc2ccccc2[N+](=O)[O-])cc1CSCC(=O)O. The molecule has 2 aromatic carbocycles. The number of benzene rings is 2. The maximum absolute atomic E-state index is 11.1. The fraction of sp³-hybridized carbons (Fsp3) is 0.222. The van der Waals surface area contributed by atoms with E-state index in [1.165, 1.54) is 17.8 Å². The summed E-state index contributed by atoms with van der Waals surface area (Å²) in [4.78, 5) is 21.3. The fourth-order valence-electron chi connectivity index (χ4n) is 2.30. The van der Waals surface area contributed by atoms with Crippen LogP contribution in [-0.4, -0.2) is 34.6 Å². The molecule has 0 saturated heterocycles. The second-order valence-corrected chi connectivity index (χ2v) is 6.48. The third-order valence-electron chi connectivity index (χ3n) is 3.63. The fourth-order valence-corrected chi connectivity index (χ4v) is 3.02. The summed E-state index contributed by atoms with van der Waals surface area (Å²) in [6.07, 6.45) is 0. The van der Waals surface area contributed by atoms with Crippen LogP contribution in [0.1, 0.15) is 18.1 Å². The lowest BCUT2D eigenvalue weighted by Crippen LogP contribution is -2.03. The molecule has 0 fully saturated rings. The largest absolute Gasteiger partial charge is 0.496 e. The molecule has 0 radical (unpaired) electrons. The molecule has 142 valence electrons. The lowest BCUT2D eigenvalue weighted by molar-refractivity contribution is -0.384. The Bertz CT molecular complexity index is 870. The van der Waals surface area contributed by atoms with Crippen molar-refractivity contribution in [3.63, 3.8) is 0 Å². The maximum Gasteiger partial charge on any atom is 0.313 e. The van der Waals surface area contributed by atoms with Crippen molar-refractivity contribution in [1.29, 1.82) is 0 Å². The first kappa shape index (κ1) is 20.2. The average Bonchev–Trinajstić information content (AvgIpc) is 2.65. The molecule has 0 aliphatic carbocycles. The van der Waals surface area contributed by atoms with Crippen LogP contribution in [0.2, 0.25) is 0 Å². The number of carboxylic acid groups (broad SMARTS) is 1. The number of hydrogen-bond acceptors (Lipinski definition) is 7. The number of ether oxygens (including phenoxy) is 1. The summed E-state index contributed by atoms with van der Waals surface area (Å²) in [7, 11) is 1.55. The summed E-state index contributed by atoms with van der Waals surface area (Å²) in [5, 5.41) is 24.1. The van der Waals surface area contributed by atoms with E-state index in [9.17, 15) is 14.9 Å². The van der Waals surface area contributed by atoms with Crippen molar-refractivity contribution in [2.45, 2.75) is 12.7 Å². The summed E-state index contributed by atoms with van der Waals surface area (Å²) in [6.45, 7) is 1.78. The molecule has 0 aliphatic rings. The number of methoxy groups -OCH3 is 1. The first-order valence-corrected chi connectivity index (χ1v) is 9.08. The Morgan fingerprint density at radius 3 is 2.74 bits per heavy atom. The zero-order chi connectivity index (χ0) is 19.8. The molecule has 0 unspecified atom stereocenters. The molecule has 0 heterocycles. The zero-order valence-corrected chi connectivity index (χ0v) is 15.7. The van der Waals surface area contributed by atoms with Crippen LogP contribution in [0, 0.1) is 10.1 Å². The number of nitrogens with zero attached hydrogens (tertiary/aromatic N) is 2. The van der Waals surface area contributed by atoms with Crippen LogP contribution in [-0.2, 0) is 10.5 Å². The van der Waals surface area contributed by atoms with E-state index in [1.807, 2.05) is 12.1 Å². The molecule has 0 spiro atoms. The number of carbonyl (C=O) groups is 1. The lowest BCUT2D eigenvalue weighted by Gasteiger charge is -2.11. The number of nitrogens with one attached hydrogen (secondary N) is 1. The van der Waals surface area contributed by atoms with Gasteiger partial charge in [0.25, 0.3) is 5.69 Å². The van der Waals surface area contributed by atoms with Crippen molar-refractivity contribution in [3.8, 4) is 5.75 Å². The Labute approximate surface area is 160 Å². The van der Waals surface area contributed by atoms with Crippen molar-refractivity contribution in [2.24, 2.45) is 5.10 Å². The van der Waals surface area contributed by atoms with Crippen LogP contribution in [0.25, 0.3) is 0 Å². The van der Waals surface area contributed by atoms with Crippen LogP contribution in [0.4, 0.5) is 11.4 Å². The maximum atomic E-state index is 11.1. The highest BCUT2D eigenvalue weighted by atomic mass is 32.2. The van der Waals surface area contributed by atoms with Crippen LogP contribution >= 0.6 is 11.8 Å². The minimum Gasteiger partial charge on any atom is -0.496 e. The van der Waals surface area contributed by atoms with Gasteiger partial charge in [-0.25, -0.2) is 0 Å². The van der Waals surface area contributed by atoms with Gasteiger partial charge >= 0.3 is 5.97 Å². The second-order valence-electron chi connectivity index (χ2n) is 5.50. The minimum absolute atomic E-state index is 0.000314. The van der Waals surface area contributed by atoms with Crippen LogP contribution in [0.3, 0.4) is 0 Å². The number of hydrazone groups is 1. The van der Waals surface area contributed by atoms with E-state index >= 15 is 0 Å². The van der Waals surface area contributed by atoms with E-state index < -0.39 is 10.9 Å². The molecule has 2 N–H and O–H groups in total. The van der Waals surface area contributed by atoms with Crippen molar-refractivity contribution in [2.75, 3.05) is 18.3 Å². The first-order chi connectivity index (χ1) is 12.9. The smallest absolute Gasteiger partial charge is 0.313 e. The normalized spacial score (nSPS) is 11.1. The number of hydrogen-bond donors (Lipinski definition) is 2. The van der Waals surface area contributed by atoms with Crippen molar-refractivity contribution in [1.82, 2.24) is 0 Å². The summed E-state index contributed by atoms with van der Waals surface area (Å²) in [5.41, 5.74) is 5.24. The number of thioether (sulfide) groups is 1. The van der Waals surface area contributed by atoms with Gasteiger partial charge in [0.1, 0.15) is 11.4 Å². The Hall–Kier alpha value is -3.07. The number of aliphatic carboxylic acids is 1. The number of para-hydroxylation sites is 2. The van der Waals surface area contributed by atoms with Crippen molar-refractivity contribution >= 4 is 34.8 Å². The lowest BCUT2D eigenvalue weighted by atomic mass is 10.1. The zero-order valence-electron chi connectivity index (χ0n) is 14.8. The topological polar surface area (TPSA) is 114 Å². The van der Waals surface area contributed by atoms with E-state index in [-0.39, 0.29) is 11.4 Å². The first-order valence-electron chi connectivity index (χ1n) is 7.93. The number of anilines is 1. The number of nitro benzene ring substituents is 1.